The number of nitrogens with two attached hydrogens (primary N) is 1. The molecule has 1 unspecified atom stereocenters. The quantitative estimate of drug-likeness (QED) is 0.479. The van der Waals surface area contributed by atoms with Gasteiger partial charge in [0.2, 0.25) is 0 Å². The van der Waals surface area contributed by atoms with Crippen LogP contribution in [0.15, 0.2) is 35.4 Å². The average molecular weight is 272 g/mol. The van der Waals surface area contributed by atoms with Gasteiger partial charge in [-0.15, -0.1) is 0 Å². The van der Waals surface area contributed by atoms with Crippen LogP contribution in [0.4, 0.5) is 13.2 Å². The maximum absolute atomic E-state index is 12.2. The second-order valence-corrected chi connectivity index (χ2v) is 4.28. The molecule has 0 aromatic heterocycles. The molecule has 0 saturated heterocycles. The molecule has 0 aliphatic carbocycles. The third-order valence-corrected chi connectivity index (χ3v) is 2.73. The number of nitrogens with zero attached hydrogens (tertiary/aromatic N) is 3. The maximum atomic E-state index is 12.2. The summed E-state index contributed by atoms with van der Waals surface area (Å²) in [6.45, 7) is 0. The summed E-state index contributed by atoms with van der Waals surface area (Å²) in [5.41, 5.74) is 15.1. The first kappa shape index (κ1) is 15.3. The van der Waals surface area contributed by atoms with Crippen molar-refractivity contribution in [1.29, 1.82) is 0 Å². The SMILES string of the molecule is [N-]=[N+]=N[C@@H](CCC(F)(F)F)C(N)Cc1ccccc1. The third kappa shape index (κ3) is 6.13. The summed E-state index contributed by atoms with van der Waals surface area (Å²) in [4.78, 5) is 2.58. The van der Waals surface area contributed by atoms with Crippen LogP contribution in [0.3, 0.4) is 0 Å². The monoisotopic (exact) mass is 272 g/mol. The number of halogens is 3. The van der Waals surface area contributed by atoms with E-state index < -0.39 is 24.7 Å². The van der Waals surface area contributed by atoms with Gasteiger partial charge >= 0.3 is 6.18 Å². The van der Waals surface area contributed by atoms with Crippen LogP contribution in [-0.4, -0.2) is 18.3 Å². The normalized spacial score (nSPS) is 14.5. The molecule has 4 nitrogen and oxygen atoms in total. The molecule has 2 atom stereocenters. The molecule has 1 aromatic rings. The van der Waals surface area contributed by atoms with Gasteiger partial charge in [0.25, 0.3) is 0 Å². The van der Waals surface area contributed by atoms with E-state index in [1.165, 1.54) is 0 Å². The first-order chi connectivity index (χ1) is 8.92. The number of hydrogen-bond acceptors (Lipinski definition) is 2. The van der Waals surface area contributed by atoms with E-state index in [4.69, 9.17) is 11.3 Å². The zero-order valence-electron chi connectivity index (χ0n) is 10.2. The fourth-order valence-corrected chi connectivity index (χ4v) is 1.76. The minimum Gasteiger partial charge on any atom is -0.327 e. The van der Waals surface area contributed by atoms with Gasteiger partial charge < -0.3 is 5.73 Å². The van der Waals surface area contributed by atoms with Gasteiger partial charge in [0.15, 0.2) is 0 Å². The lowest BCUT2D eigenvalue weighted by molar-refractivity contribution is -0.136. The molecule has 0 aliphatic heterocycles. The fourth-order valence-electron chi connectivity index (χ4n) is 1.76. The molecule has 1 aromatic carbocycles. The van der Waals surface area contributed by atoms with E-state index in [0.717, 1.165) is 5.56 Å². The van der Waals surface area contributed by atoms with Crippen LogP contribution < -0.4 is 5.73 Å². The molecule has 0 bridgehead atoms. The van der Waals surface area contributed by atoms with Crippen LogP contribution in [0.2, 0.25) is 0 Å². The molecule has 19 heavy (non-hydrogen) atoms. The van der Waals surface area contributed by atoms with Crippen molar-refractivity contribution in [2.24, 2.45) is 10.8 Å². The van der Waals surface area contributed by atoms with Crippen molar-refractivity contribution in [3.63, 3.8) is 0 Å². The summed E-state index contributed by atoms with van der Waals surface area (Å²) in [6.07, 6.45) is -5.18. The van der Waals surface area contributed by atoms with E-state index in [0.29, 0.717) is 6.42 Å². The van der Waals surface area contributed by atoms with E-state index >= 15 is 0 Å². The highest BCUT2D eigenvalue weighted by atomic mass is 19.4. The molecule has 1 rings (SSSR count). The van der Waals surface area contributed by atoms with Crippen molar-refractivity contribution in [1.82, 2.24) is 0 Å². The summed E-state index contributed by atoms with van der Waals surface area (Å²) >= 11 is 0. The molecule has 0 aliphatic rings. The second-order valence-electron chi connectivity index (χ2n) is 4.28. The van der Waals surface area contributed by atoms with Gasteiger partial charge in [0.1, 0.15) is 0 Å². The minimum absolute atomic E-state index is 0.290. The Morgan fingerprint density at radius 2 is 1.89 bits per heavy atom. The van der Waals surface area contributed by atoms with Crippen molar-refractivity contribution < 1.29 is 13.2 Å². The minimum atomic E-state index is -4.27. The highest BCUT2D eigenvalue weighted by Gasteiger charge is 2.29. The van der Waals surface area contributed by atoms with Gasteiger partial charge in [0.05, 0.1) is 6.04 Å². The van der Waals surface area contributed by atoms with Crippen LogP contribution in [0, 0.1) is 0 Å². The van der Waals surface area contributed by atoms with E-state index in [2.05, 4.69) is 10.0 Å². The van der Waals surface area contributed by atoms with Crippen LogP contribution in [0.1, 0.15) is 18.4 Å². The van der Waals surface area contributed by atoms with Crippen molar-refractivity contribution in [3.8, 4) is 0 Å². The predicted octanol–water partition coefficient (Wildman–Crippen LogP) is 3.58. The number of hydrogen-bond donors (Lipinski definition) is 1. The predicted molar refractivity (Wildman–Crippen MR) is 66.3 cm³/mol. The van der Waals surface area contributed by atoms with Crippen molar-refractivity contribution >= 4 is 0 Å². The molecule has 7 heteroatoms. The second kappa shape index (κ2) is 7.01. The van der Waals surface area contributed by atoms with Gasteiger partial charge in [-0.2, -0.15) is 13.2 Å². The number of alkyl halides is 3. The summed E-state index contributed by atoms with van der Waals surface area (Å²) in [5, 5.41) is 3.38. The van der Waals surface area contributed by atoms with Gasteiger partial charge in [-0.25, -0.2) is 0 Å². The molecule has 0 spiro atoms. The first-order valence-corrected chi connectivity index (χ1v) is 5.83. The Balaban J connectivity index is 2.62. The van der Waals surface area contributed by atoms with Gasteiger partial charge in [-0.05, 0) is 23.9 Å². The summed E-state index contributed by atoms with van der Waals surface area (Å²) in [5.74, 6) is 0. The largest absolute Gasteiger partial charge is 0.389 e. The van der Waals surface area contributed by atoms with Gasteiger partial charge in [-0.1, -0.05) is 35.4 Å². The molecular formula is C12H15F3N4. The van der Waals surface area contributed by atoms with Crippen molar-refractivity contribution in [2.45, 2.75) is 37.5 Å². The van der Waals surface area contributed by atoms with E-state index in [1.54, 1.807) is 0 Å². The standard InChI is InChI=1S/C12H15F3N4/c13-12(14,15)7-6-11(18-19-17)10(16)8-9-4-2-1-3-5-9/h1-5,10-11H,6-8,16H2/t10?,11-/m0/s1. The Morgan fingerprint density at radius 1 is 1.26 bits per heavy atom. The van der Waals surface area contributed by atoms with E-state index in [-0.39, 0.29) is 6.42 Å². The molecule has 2 N–H and O–H groups in total. The Hall–Kier alpha value is -1.72. The topological polar surface area (TPSA) is 74.8 Å². The molecular weight excluding hydrogens is 257 g/mol. The van der Waals surface area contributed by atoms with E-state index in [1.807, 2.05) is 30.3 Å². The van der Waals surface area contributed by atoms with Crippen LogP contribution in [0.25, 0.3) is 10.4 Å². The molecule has 0 heterocycles. The fraction of sp³-hybridized carbons (Fsp3) is 0.500. The maximum Gasteiger partial charge on any atom is 0.389 e. The highest BCUT2D eigenvalue weighted by Crippen LogP contribution is 2.24. The smallest absolute Gasteiger partial charge is 0.327 e. The molecule has 0 saturated carbocycles. The average Bonchev–Trinajstić information content (AvgIpc) is 2.34. The Bertz CT molecular complexity index is 426. The molecule has 104 valence electrons. The summed E-state index contributed by atoms with van der Waals surface area (Å²) in [7, 11) is 0. The summed E-state index contributed by atoms with van der Waals surface area (Å²) in [6, 6.07) is 7.66. The van der Waals surface area contributed by atoms with Crippen LogP contribution in [-0.2, 0) is 6.42 Å². The van der Waals surface area contributed by atoms with E-state index in [9.17, 15) is 13.2 Å². The molecule has 0 amide bonds. The number of azide groups is 1. The van der Waals surface area contributed by atoms with Gasteiger partial charge in [-0.3, -0.25) is 0 Å². The number of rotatable bonds is 6. The van der Waals surface area contributed by atoms with Crippen LogP contribution >= 0.6 is 0 Å². The molecule has 0 fully saturated rings. The highest BCUT2D eigenvalue weighted by molar-refractivity contribution is 5.16. The van der Waals surface area contributed by atoms with Gasteiger partial charge in [0, 0.05) is 17.4 Å². The lowest BCUT2D eigenvalue weighted by atomic mass is 9.97. The van der Waals surface area contributed by atoms with Crippen LogP contribution in [0.5, 0.6) is 0 Å². The first-order valence-electron chi connectivity index (χ1n) is 5.83. The zero-order chi connectivity index (χ0) is 14.3. The van der Waals surface area contributed by atoms with Crippen molar-refractivity contribution in [2.75, 3.05) is 0 Å². The summed E-state index contributed by atoms with van der Waals surface area (Å²) < 4.78 is 36.5. The Morgan fingerprint density at radius 3 is 2.42 bits per heavy atom. The number of benzene rings is 1. The lowest BCUT2D eigenvalue weighted by Gasteiger charge is -2.20. The third-order valence-electron chi connectivity index (χ3n) is 2.73. The zero-order valence-corrected chi connectivity index (χ0v) is 10.2. The van der Waals surface area contributed by atoms with Crippen molar-refractivity contribution in [3.05, 3.63) is 46.3 Å². The molecule has 0 radical (unpaired) electrons. The Labute approximate surface area is 109 Å². The Kier molecular flexibility index (Phi) is 5.66. The lowest BCUT2D eigenvalue weighted by Crippen LogP contribution is -2.36.